The van der Waals surface area contributed by atoms with Gasteiger partial charge in [0.15, 0.2) is 0 Å². The van der Waals surface area contributed by atoms with Crippen molar-refractivity contribution in [1.82, 2.24) is 4.90 Å². The third kappa shape index (κ3) is 1.20. The van der Waals surface area contributed by atoms with Gasteiger partial charge in [0.05, 0.1) is 12.1 Å². The highest BCUT2D eigenvalue weighted by atomic mass is 16.4. The van der Waals surface area contributed by atoms with Gasteiger partial charge in [-0.1, -0.05) is 0 Å². The molecular weight excluding hydrogens is 170 g/mol. The summed E-state index contributed by atoms with van der Waals surface area (Å²) in [5.41, 5.74) is -0.444. The smallest absolute Gasteiger partial charge is 0.407 e. The Labute approximate surface area is 77.2 Å². The van der Waals surface area contributed by atoms with Crippen molar-refractivity contribution in [2.24, 2.45) is 5.92 Å². The van der Waals surface area contributed by atoms with E-state index < -0.39 is 11.6 Å². The largest absolute Gasteiger partial charge is 0.465 e. The number of nitrogens with zero attached hydrogens (tertiary/aromatic N) is 1. The van der Waals surface area contributed by atoms with Crippen LogP contribution in [-0.2, 0) is 0 Å². The Hall–Kier alpha value is -0.770. The van der Waals surface area contributed by atoms with E-state index in [0.717, 1.165) is 25.7 Å². The zero-order chi connectivity index (χ0) is 9.47. The number of hydrogen-bond donors (Lipinski definition) is 2. The minimum Gasteiger partial charge on any atom is -0.465 e. The Morgan fingerprint density at radius 2 is 2.08 bits per heavy atom. The lowest BCUT2D eigenvalue weighted by molar-refractivity contribution is -0.0501. The van der Waals surface area contributed by atoms with Crippen LogP contribution in [-0.4, -0.2) is 39.9 Å². The predicted octanol–water partition coefficient (Wildman–Crippen LogP) is 0.901. The molecule has 3 rings (SSSR count). The van der Waals surface area contributed by atoms with Gasteiger partial charge in [-0.25, -0.2) is 4.79 Å². The van der Waals surface area contributed by atoms with Crippen LogP contribution < -0.4 is 0 Å². The topological polar surface area (TPSA) is 60.8 Å². The summed E-state index contributed by atoms with van der Waals surface area (Å²) in [6, 6.07) is 0. The van der Waals surface area contributed by atoms with Gasteiger partial charge in [-0.3, -0.25) is 0 Å². The summed E-state index contributed by atoms with van der Waals surface area (Å²) in [6.07, 6.45) is 2.94. The standard InChI is InChI=1S/C9H15NO3/c11-6-9-3-1-7(2-4-9)5-10(9)8(12)13/h7,11H,1-6H2,(H,12,13). The fourth-order valence-electron chi connectivity index (χ4n) is 2.64. The number of aliphatic hydroxyl groups excluding tert-OH is 1. The molecule has 2 bridgehead atoms. The molecule has 3 aliphatic rings. The molecule has 0 atom stereocenters. The van der Waals surface area contributed by atoms with E-state index in [9.17, 15) is 9.90 Å². The molecule has 74 valence electrons. The molecule has 1 aliphatic carbocycles. The second kappa shape index (κ2) is 2.87. The van der Waals surface area contributed by atoms with Crippen LogP contribution >= 0.6 is 0 Å². The van der Waals surface area contributed by atoms with Crippen molar-refractivity contribution >= 4 is 6.09 Å². The molecule has 0 radical (unpaired) electrons. The van der Waals surface area contributed by atoms with E-state index in [1.165, 1.54) is 4.90 Å². The third-order valence-corrected chi connectivity index (χ3v) is 3.57. The lowest BCUT2D eigenvalue weighted by atomic mass is 9.71. The third-order valence-electron chi connectivity index (χ3n) is 3.57. The summed E-state index contributed by atoms with van der Waals surface area (Å²) in [7, 11) is 0. The van der Waals surface area contributed by atoms with Gasteiger partial charge in [0, 0.05) is 6.54 Å². The number of fused-ring (bicyclic) bond motifs is 3. The highest BCUT2D eigenvalue weighted by molar-refractivity contribution is 5.66. The van der Waals surface area contributed by atoms with Crippen LogP contribution in [0.2, 0.25) is 0 Å². The summed E-state index contributed by atoms with van der Waals surface area (Å²) >= 11 is 0. The molecule has 0 aromatic carbocycles. The van der Waals surface area contributed by atoms with Gasteiger partial charge in [-0.2, -0.15) is 0 Å². The van der Waals surface area contributed by atoms with Gasteiger partial charge in [0.25, 0.3) is 0 Å². The van der Waals surface area contributed by atoms with Crippen molar-refractivity contribution < 1.29 is 15.0 Å². The zero-order valence-corrected chi connectivity index (χ0v) is 7.57. The number of hydrogen-bond acceptors (Lipinski definition) is 2. The number of rotatable bonds is 1. The maximum absolute atomic E-state index is 10.9. The summed E-state index contributed by atoms with van der Waals surface area (Å²) in [6.45, 7) is 0.599. The van der Waals surface area contributed by atoms with Crippen LogP contribution in [0.5, 0.6) is 0 Å². The second-order valence-corrected chi connectivity index (χ2v) is 4.22. The number of amides is 1. The van der Waals surface area contributed by atoms with Gasteiger partial charge in [-0.15, -0.1) is 0 Å². The predicted molar refractivity (Wildman–Crippen MR) is 46.5 cm³/mol. The van der Waals surface area contributed by atoms with E-state index in [2.05, 4.69) is 0 Å². The lowest BCUT2D eigenvalue weighted by Crippen LogP contribution is -2.61. The first-order valence-electron chi connectivity index (χ1n) is 4.79. The van der Waals surface area contributed by atoms with E-state index in [4.69, 9.17) is 5.11 Å². The molecule has 2 heterocycles. The summed E-state index contributed by atoms with van der Waals surface area (Å²) in [5, 5.41) is 18.3. The summed E-state index contributed by atoms with van der Waals surface area (Å²) in [4.78, 5) is 12.4. The molecule has 0 spiro atoms. The van der Waals surface area contributed by atoms with E-state index in [1.807, 2.05) is 0 Å². The number of carboxylic acid groups (broad SMARTS) is 1. The molecular formula is C9H15NO3. The van der Waals surface area contributed by atoms with Gasteiger partial charge >= 0.3 is 6.09 Å². The Bertz CT molecular complexity index is 221. The van der Waals surface area contributed by atoms with E-state index in [1.54, 1.807) is 0 Å². The number of aliphatic hydroxyl groups is 1. The van der Waals surface area contributed by atoms with Crippen LogP contribution in [0.3, 0.4) is 0 Å². The maximum Gasteiger partial charge on any atom is 0.407 e. The average molecular weight is 185 g/mol. The van der Waals surface area contributed by atoms with Gasteiger partial charge < -0.3 is 15.1 Å². The first kappa shape index (κ1) is 8.81. The first-order valence-corrected chi connectivity index (χ1v) is 4.79. The number of carbonyl (C=O) groups is 1. The van der Waals surface area contributed by atoms with Crippen LogP contribution in [0.15, 0.2) is 0 Å². The first-order chi connectivity index (χ1) is 6.18. The minimum absolute atomic E-state index is 0.0218. The molecule has 1 amide bonds. The second-order valence-electron chi connectivity index (χ2n) is 4.22. The fraction of sp³-hybridized carbons (Fsp3) is 0.889. The van der Waals surface area contributed by atoms with Crippen molar-refractivity contribution in [2.45, 2.75) is 31.2 Å². The highest BCUT2D eigenvalue weighted by Crippen LogP contribution is 2.42. The quantitative estimate of drug-likeness (QED) is 0.638. The van der Waals surface area contributed by atoms with Crippen molar-refractivity contribution in [2.75, 3.05) is 13.2 Å². The number of piperidine rings is 2. The molecule has 2 N–H and O–H groups in total. The van der Waals surface area contributed by atoms with Gasteiger partial charge in [-0.05, 0) is 31.6 Å². The van der Waals surface area contributed by atoms with Crippen molar-refractivity contribution in [1.29, 1.82) is 0 Å². The van der Waals surface area contributed by atoms with Crippen LogP contribution in [0.4, 0.5) is 4.79 Å². The molecule has 2 saturated heterocycles. The molecule has 1 saturated carbocycles. The molecule has 0 aromatic heterocycles. The van der Waals surface area contributed by atoms with Gasteiger partial charge in [0.1, 0.15) is 0 Å². The summed E-state index contributed by atoms with van der Waals surface area (Å²) in [5.74, 6) is 0.532. The van der Waals surface area contributed by atoms with E-state index in [-0.39, 0.29) is 6.61 Å². The molecule has 4 nitrogen and oxygen atoms in total. The lowest BCUT2D eigenvalue weighted by Gasteiger charge is -2.52. The van der Waals surface area contributed by atoms with Gasteiger partial charge in [0.2, 0.25) is 0 Å². The highest BCUT2D eigenvalue weighted by Gasteiger charge is 2.47. The Morgan fingerprint density at radius 1 is 1.46 bits per heavy atom. The van der Waals surface area contributed by atoms with Crippen LogP contribution in [0.25, 0.3) is 0 Å². The Kier molecular flexibility index (Phi) is 1.95. The van der Waals surface area contributed by atoms with Crippen molar-refractivity contribution in [3.63, 3.8) is 0 Å². The van der Waals surface area contributed by atoms with Crippen LogP contribution in [0.1, 0.15) is 25.7 Å². The fourth-order valence-corrected chi connectivity index (χ4v) is 2.64. The van der Waals surface area contributed by atoms with Crippen molar-refractivity contribution in [3.05, 3.63) is 0 Å². The molecule has 3 fully saturated rings. The zero-order valence-electron chi connectivity index (χ0n) is 7.57. The maximum atomic E-state index is 10.9. The summed E-state index contributed by atoms with van der Waals surface area (Å²) < 4.78 is 0. The minimum atomic E-state index is -0.876. The SMILES string of the molecule is O=C(O)N1CC2CCC1(CO)CC2. The monoisotopic (exact) mass is 185 g/mol. The molecule has 0 unspecified atom stereocenters. The molecule has 2 aliphatic heterocycles. The average Bonchev–Trinajstić information content (AvgIpc) is 2.19. The van der Waals surface area contributed by atoms with E-state index >= 15 is 0 Å². The normalized spacial score (nSPS) is 37.9. The molecule has 13 heavy (non-hydrogen) atoms. The Morgan fingerprint density at radius 3 is 2.46 bits per heavy atom. The molecule has 4 heteroatoms. The molecule has 0 aromatic rings. The Balaban J connectivity index is 2.23. The van der Waals surface area contributed by atoms with Crippen molar-refractivity contribution in [3.8, 4) is 0 Å². The van der Waals surface area contributed by atoms with E-state index in [0.29, 0.717) is 12.5 Å². The van der Waals surface area contributed by atoms with Crippen LogP contribution in [0, 0.1) is 5.92 Å².